The van der Waals surface area contributed by atoms with Crippen LogP contribution >= 0.6 is 0 Å². The third-order valence-corrected chi connectivity index (χ3v) is 2.57. The normalized spacial score (nSPS) is 11.6. The van der Waals surface area contributed by atoms with Crippen molar-refractivity contribution < 1.29 is 13.2 Å². The Morgan fingerprint density at radius 2 is 1.89 bits per heavy atom. The molecule has 0 saturated heterocycles. The van der Waals surface area contributed by atoms with Gasteiger partial charge in [-0.25, -0.2) is 4.98 Å². The largest absolute Gasteiger partial charge is 0.417 e. The Morgan fingerprint density at radius 3 is 2.56 bits per heavy atom. The van der Waals surface area contributed by atoms with Crippen LogP contribution in [-0.2, 0) is 6.18 Å². The van der Waals surface area contributed by atoms with E-state index in [9.17, 15) is 18.0 Å². The van der Waals surface area contributed by atoms with Crippen molar-refractivity contribution in [2.45, 2.75) is 13.1 Å². The van der Waals surface area contributed by atoms with Gasteiger partial charge in [-0.05, 0) is 13.0 Å². The molecule has 1 heterocycles. The van der Waals surface area contributed by atoms with Gasteiger partial charge in [0, 0.05) is 11.1 Å². The fraction of sp³-hybridized carbons (Fsp3) is 0.167. The highest BCUT2D eigenvalue weighted by Gasteiger charge is 2.34. The van der Waals surface area contributed by atoms with Gasteiger partial charge in [-0.2, -0.15) is 13.2 Å². The van der Waals surface area contributed by atoms with Crippen LogP contribution < -0.4 is 5.56 Å². The summed E-state index contributed by atoms with van der Waals surface area (Å²) in [6, 6.07) is 5.05. The van der Waals surface area contributed by atoms with E-state index in [1.807, 2.05) is 0 Å². The van der Waals surface area contributed by atoms with Crippen LogP contribution in [0.4, 0.5) is 13.2 Å². The van der Waals surface area contributed by atoms with Crippen LogP contribution in [0.2, 0.25) is 0 Å². The Balaban J connectivity index is 2.73. The topological polar surface area (TPSA) is 45.8 Å². The summed E-state index contributed by atoms with van der Waals surface area (Å²) in [6.45, 7) is 1.44. The number of nitrogens with zero attached hydrogens (tertiary/aromatic N) is 1. The van der Waals surface area contributed by atoms with E-state index in [2.05, 4.69) is 9.97 Å². The molecule has 0 bridgehead atoms. The summed E-state index contributed by atoms with van der Waals surface area (Å²) in [4.78, 5) is 17.5. The molecular weight excluding hydrogens is 245 g/mol. The molecule has 0 aliphatic carbocycles. The molecule has 1 aromatic heterocycles. The lowest BCUT2D eigenvalue weighted by Gasteiger charge is -2.12. The second kappa shape index (κ2) is 4.29. The second-order valence-corrected chi connectivity index (χ2v) is 3.75. The average molecular weight is 254 g/mol. The number of hydrogen-bond acceptors (Lipinski definition) is 2. The van der Waals surface area contributed by atoms with Crippen molar-refractivity contribution in [2.24, 2.45) is 0 Å². The van der Waals surface area contributed by atoms with Crippen molar-refractivity contribution in [2.75, 3.05) is 0 Å². The van der Waals surface area contributed by atoms with Crippen LogP contribution in [-0.4, -0.2) is 9.97 Å². The minimum Gasteiger partial charge on any atom is -0.313 e. The fourth-order valence-electron chi connectivity index (χ4n) is 1.68. The molecule has 94 valence electrons. The summed E-state index contributed by atoms with van der Waals surface area (Å²) < 4.78 is 38.6. The first kappa shape index (κ1) is 12.3. The van der Waals surface area contributed by atoms with E-state index < -0.39 is 17.3 Å². The molecule has 0 atom stereocenters. The van der Waals surface area contributed by atoms with E-state index in [1.165, 1.54) is 25.1 Å². The van der Waals surface area contributed by atoms with E-state index in [1.54, 1.807) is 0 Å². The van der Waals surface area contributed by atoms with Gasteiger partial charge in [0.1, 0.15) is 0 Å². The van der Waals surface area contributed by atoms with Crippen molar-refractivity contribution in [3.05, 3.63) is 52.1 Å². The SMILES string of the molecule is Cc1c(-c2ccccc2C(F)(F)F)nc[nH]c1=O. The molecular formula is C12H9F3N2O. The van der Waals surface area contributed by atoms with Gasteiger partial charge >= 0.3 is 6.18 Å². The average Bonchev–Trinajstić information content (AvgIpc) is 2.32. The van der Waals surface area contributed by atoms with Gasteiger partial charge in [0.15, 0.2) is 0 Å². The van der Waals surface area contributed by atoms with Gasteiger partial charge in [-0.3, -0.25) is 4.79 Å². The molecule has 1 N–H and O–H groups in total. The number of alkyl halides is 3. The maximum absolute atomic E-state index is 12.9. The minimum atomic E-state index is -4.48. The summed E-state index contributed by atoms with van der Waals surface area (Å²) in [7, 11) is 0. The van der Waals surface area contributed by atoms with Gasteiger partial charge in [0.05, 0.1) is 17.6 Å². The monoisotopic (exact) mass is 254 g/mol. The number of aromatic amines is 1. The van der Waals surface area contributed by atoms with Crippen LogP contribution in [0, 0.1) is 6.92 Å². The third kappa shape index (κ3) is 2.13. The van der Waals surface area contributed by atoms with Crippen LogP contribution in [0.1, 0.15) is 11.1 Å². The van der Waals surface area contributed by atoms with Crippen LogP contribution in [0.3, 0.4) is 0 Å². The minimum absolute atomic E-state index is 0.0478. The summed E-state index contributed by atoms with van der Waals surface area (Å²) >= 11 is 0. The molecule has 2 rings (SSSR count). The fourth-order valence-corrected chi connectivity index (χ4v) is 1.68. The number of halogens is 3. The lowest BCUT2D eigenvalue weighted by atomic mass is 10.0. The molecule has 18 heavy (non-hydrogen) atoms. The molecule has 3 nitrogen and oxygen atoms in total. The van der Waals surface area contributed by atoms with Gasteiger partial charge in [-0.1, -0.05) is 18.2 Å². The maximum Gasteiger partial charge on any atom is 0.417 e. The number of hydrogen-bond donors (Lipinski definition) is 1. The van der Waals surface area contributed by atoms with Gasteiger partial charge < -0.3 is 4.98 Å². The lowest BCUT2D eigenvalue weighted by Crippen LogP contribution is -2.14. The number of aromatic nitrogens is 2. The Bertz CT molecular complexity index is 632. The predicted octanol–water partition coefficient (Wildman–Crippen LogP) is 2.76. The molecule has 0 aliphatic heterocycles. The lowest BCUT2D eigenvalue weighted by molar-refractivity contribution is -0.137. The highest BCUT2D eigenvalue weighted by Crippen LogP contribution is 2.36. The van der Waals surface area contributed by atoms with Gasteiger partial charge in [-0.15, -0.1) is 0 Å². The molecule has 0 unspecified atom stereocenters. The van der Waals surface area contributed by atoms with Gasteiger partial charge in [0.2, 0.25) is 0 Å². The van der Waals surface area contributed by atoms with E-state index in [0.717, 1.165) is 12.4 Å². The Labute approximate surface area is 100 Å². The number of H-pyrrole nitrogens is 1. The molecule has 0 amide bonds. The van der Waals surface area contributed by atoms with Crippen molar-refractivity contribution >= 4 is 0 Å². The first-order valence-electron chi connectivity index (χ1n) is 5.12. The number of benzene rings is 1. The van der Waals surface area contributed by atoms with Crippen molar-refractivity contribution in [3.8, 4) is 11.3 Å². The van der Waals surface area contributed by atoms with Crippen molar-refractivity contribution in [1.29, 1.82) is 0 Å². The van der Waals surface area contributed by atoms with E-state index in [4.69, 9.17) is 0 Å². The van der Waals surface area contributed by atoms with Crippen molar-refractivity contribution in [1.82, 2.24) is 9.97 Å². The standard InChI is InChI=1S/C12H9F3N2O/c1-7-10(16-6-17-11(7)18)8-4-2-3-5-9(8)12(13,14)15/h2-6H,1H3,(H,16,17,18). The molecule has 2 aromatic rings. The zero-order valence-electron chi connectivity index (χ0n) is 9.38. The Hall–Kier alpha value is -2.11. The van der Waals surface area contributed by atoms with E-state index in [-0.39, 0.29) is 16.8 Å². The second-order valence-electron chi connectivity index (χ2n) is 3.75. The van der Waals surface area contributed by atoms with Crippen LogP contribution in [0.15, 0.2) is 35.4 Å². The number of rotatable bonds is 1. The summed E-state index contributed by atoms with van der Waals surface area (Å²) in [5, 5.41) is 0. The maximum atomic E-state index is 12.9. The number of nitrogens with one attached hydrogen (secondary N) is 1. The quantitative estimate of drug-likeness (QED) is 0.850. The smallest absolute Gasteiger partial charge is 0.313 e. The molecule has 1 aromatic carbocycles. The van der Waals surface area contributed by atoms with Gasteiger partial charge in [0.25, 0.3) is 5.56 Å². The third-order valence-electron chi connectivity index (χ3n) is 2.57. The van der Waals surface area contributed by atoms with Crippen molar-refractivity contribution in [3.63, 3.8) is 0 Å². The van der Waals surface area contributed by atoms with Crippen LogP contribution in [0.25, 0.3) is 11.3 Å². The summed E-state index contributed by atoms with van der Waals surface area (Å²) in [6.07, 6.45) is -3.38. The Morgan fingerprint density at radius 1 is 1.22 bits per heavy atom. The zero-order valence-corrected chi connectivity index (χ0v) is 9.38. The molecule has 0 fully saturated rings. The first-order chi connectivity index (χ1) is 8.41. The molecule has 0 saturated carbocycles. The first-order valence-corrected chi connectivity index (χ1v) is 5.12. The Kier molecular flexibility index (Phi) is 2.94. The van der Waals surface area contributed by atoms with Crippen LogP contribution in [0.5, 0.6) is 0 Å². The highest BCUT2D eigenvalue weighted by molar-refractivity contribution is 5.66. The molecule has 0 radical (unpaired) electrons. The summed E-state index contributed by atoms with van der Waals surface area (Å²) in [5.74, 6) is 0. The highest BCUT2D eigenvalue weighted by atomic mass is 19.4. The zero-order chi connectivity index (χ0) is 13.3. The molecule has 0 spiro atoms. The molecule has 0 aliphatic rings. The van der Waals surface area contributed by atoms with E-state index >= 15 is 0 Å². The molecule has 6 heteroatoms. The predicted molar refractivity (Wildman–Crippen MR) is 60.0 cm³/mol. The van der Waals surface area contributed by atoms with E-state index in [0.29, 0.717) is 0 Å². The summed E-state index contributed by atoms with van der Waals surface area (Å²) in [5.41, 5.74) is -1.13.